The van der Waals surface area contributed by atoms with Gasteiger partial charge in [-0.2, -0.15) is 0 Å². The Bertz CT molecular complexity index is 469. The zero-order valence-corrected chi connectivity index (χ0v) is 10.1. The van der Waals surface area contributed by atoms with E-state index in [0.29, 0.717) is 0 Å². The summed E-state index contributed by atoms with van der Waals surface area (Å²) in [7, 11) is 0.834. The molecule has 1 rings (SSSR count). The Kier molecular flexibility index (Phi) is 3.35. The third-order valence-electron chi connectivity index (χ3n) is 1.81. The Hall–Kier alpha value is -0.300. The molecule has 1 aliphatic carbocycles. The van der Waals surface area contributed by atoms with Crippen molar-refractivity contribution in [2.75, 3.05) is 0 Å². The number of hydrogen-bond donors (Lipinski definition) is 0. The lowest BCUT2D eigenvalue weighted by molar-refractivity contribution is -0.428. The van der Waals surface area contributed by atoms with Crippen molar-refractivity contribution in [2.24, 2.45) is 0 Å². The van der Waals surface area contributed by atoms with Crippen LogP contribution in [0.3, 0.4) is 0 Å². The molecule has 0 heterocycles. The highest BCUT2D eigenvalue weighted by Crippen LogP contribution is 2.44. The van der Waals surface area contributed by atoms with E-state index in [-0.39, 0.29) is 10.7 Å². The van der Waals surface area contributed by atoms with Gasteiger partial charge in [-0.25, -0.2) is 8.42 Å². The van der Waals surface area contributed by atoms with Gasteiger partial charge in [0.25, 0.3) is 9.05 Å². The minimum absolute atomic E-state index is 0.259. The third-order valence-corrected chi connectivity index (χ3v) is 5.58. The maximum atomic E-state index is 11.1. The molecule has 0 aliphatic heterocycles. The van der Waals surface area contributed by atoms with Gasteiger partial charge in [0.1, 0.15) is 0 Å². The lowest BCUT2D eigenvalue weighted by atomic mass is 10.1. The van der Waals surface area contributed by atoms with Crippen LogP contribution in [0, 0.1) is 10.1 Å². The molecule has 9 heteroatoms. The highest BCUT2D eigenvalue weighted by Gasteiger charge is 2.48. The number of nitrogens with zero attached hydrogens (tertiary/aromatic N) is 1. The molecular formula is C6H4Cl3NO4S. The Morgan fingerprint density at radius 2 is 2.00 bits per heavy atom. The average Bonchev–Trinajstić information content (AvgIpc) is 2.07. The van der Waals surface area contributed by atoms with Crippen LogP contribution in [-0.2, 0) is 9.05 Å². The molecule has 0 saturated carbocycles. The summed E-state index contributed by atoms with van der Waals surface area (Å²) in [6, 6.07) is 0. The van der Waals surface area contributed by atoms with Gasteiger partial charge in [0.05, 0.1) is 16.4 Å². The summed E-state index contributed by atoms with van der Waals surface area (Å²) in [4.78, 5) is 9.71. The minimum Gasteiger partial charge on any atom is -0.259 e. The molecule has 0 radical (unpaired) electrons. The molecule has 84 valence electrons. The number of allylic oxidation sites excluding steroid dienone is 3. The van der Waals surface area contributed by atoms with Gasteiger partial charge in [0.2, 0.25) is 9.90 Å². The first-order chi connectivity index (χ1) is 6.68. The highest BCUT2D eigenvalue weighted by atomic mass is 35.7. The molecule has 0 fully saturated rings. The summed E-state index contributed by atoms with van der Waals surface area (Å²) in [5, 5.41) is 10.2. The molecule has 0 aromatic rings. The molecular weight excluding hydrogens is 288 g/mol. The van der Waals surface area contributed by atoms with E-state index in [1.54, 1.807) is 0 Å². The van der Waals surface area contributed by atoms with Gasteiger partial charge in [-0.1, -0.05) is 23.2 Å². The van der Waals surface area contributed by atoms with Crippen molar-refractivity contribution in [1.82, 2.24) is 0 Å². The number of alkyl halides is 1. The van der Waals surface area contributed by atoms with Crippen LogP contribution in [0.5, 0.6) is 0 Å². The van der Waals surface area contributed by atoms with Crippen LogP contribution in [0.1, 0.15) is 6.42 Å². The SMILES string of the molecule is O=[N+]([O-])C1=CC=C(Cl)C(Cl)(S(=O)(=O)Cl)C1. The quantitative estimate of drug-likeness (QED) is 0.338. The minimum atomic E-state index is -4.25. The maximum absolute atomic E-state index is 11.1. The number of nitro groups is 1. The lowest BCUT2D eigenvalue weighted by Gasteiger charge is -2.23. The van der Waals surface area contributed by atoms with E-state index < -0.39 is 24.6 Å². The molecule has 0 aromatic heterocycles. The molecule has 1 atom stereocenters. The van der Waals surface area contributed by atoms with Crippen molar-refractivity contribution in [1.29, 1.82) is 0 Å². The first-order valence-corrected chi connectivity index (χ1v) is 6.59. The number of rotatable bonds is 2. The third kappa shape index (κ3) is 2.28. The molecule has 0 spiro atoms. The van der Waals surface area contributed by atoms with Crippen molar-refractivity contribution in [3.63, 3.8) is 0 Å². The molecule has 1 aliphatic rings. The van der Waals surface area contributed by atoms with Crippen molar-refractivity contribution in [3.05, 3.63) is 33.0 Å². The van der Waals surface area contributed by atoms with Crippen molar-refractivity contribution in [3.8, 4) is 0 Å². The lowest BCUT2D eigenvalue weighted by Crippen LogP contribution is -2.32. The summed E-state index contributed by atoms with van der Waals surface area (Å²) in [5.41, 5.74) is -0.362. The van der Waals surface area contributed by atoms with Crippen LogP contribution in [0.15, 0.2) is 22.9 Å². The number of hydrogen-bond acceptors (Lipinski definition) is 4. The van der Waals surface area contributed by atoms with Crippen LogP contribution in [0.2, 0.25) is 0 Å². The zero-order valence-electron chi connectivity index (χ0n) is 6.98. The van der Waals surface area contributed by atoms with E-state index in [9.17, 15) is 18.5 Å². The van der Waals surface area contributed by atoms with Crippen LogP contribution in [0.4, 0.5) is 0 Å². The van der Waals surface area contributed by atoms with Crippen LogP contribution < -0.4 is 0 Å². The molecule has 0 saturated heterocycles. The Labute approximate surface area is 99.9 Å². The number of halogens is 3. The first kappa shape index (κ1) is 12.8. The van der Waals surface area contributed by atoms with Gasteiger partial charge in [0, 0.05) is 16.8 Å². The zero-order chi connectivity index (χ0) is 11.9. The molecule has 0 aromatic carbocycles. The van der Waals surface area contributed by atoms with E-state index in [0.717, 1.165) is 12.2 Å². The van der Waals surface area contributed by atoms with Gasteiger partial charge in [-0.3, -0.25) is 10.1 Å². The van der Waals surface area contributed by atoms with Crippen molar-refractivity contribution >= 4 is 42.9 Å². The van der Waals surface area contributed by atoms with Crippen molar-refractivity contribution in [2.45, 2.75) is 10.6 Å². The van der Waals surface area contributed by atoms with E-state index in [4.69, 9.17) is 33.9 Å². The second kappa shape index (κ2) is 3.93. The van der Waals surface area contributed by atoms with Gasteiger partial charge in [-0.05, 0) is 6.08 Å². The smallest absolute Gasteiger partial charge is 0.258 e. The molecule has 0 N–H and O–H groups in total. The van der Waals surface area contributed by atoms with E-state index in [2.05, 4.69) is 0 Å². The predicted molar refractivity (Wildman–Crippen MR) is 57.0 cm³/mol. The fourth-order valence-corrected chi connectivity index (χ4v) is 2.79. The second-order valence-electron chi connectivity index (χ2n) is 2.77. The molecule has 15 heavy (non-hydrogen) atoms. The topological polar surface area (TPSA) is 77.3 Å². The maximum Gasteiger partial charge on any atom is 0.258 e. The average molecular weight is 293 g/mol. The Balaban J connectivity index is 3.25. The van der Waals surface area contributed by atoms with Crippen LogP contribution in [0.25, 0.3) is 0 Å². The fourth-order valence-electron chi connectivity index (χ4n) is 0.998. The fraction of sp³-hybridized carbons (Fsp3) is 0.333. The normalized spacial score (nSPS) is 26.9. The molecule has 5 nitrogen and oxygen atoms in total. The van der Waals surface area contributed by atoms with E-state index in [1.165, 1.54) is 0 Å². The van der Waals surface area contributed by atoms with Gasteiger partial charge < -0.3 is 0 Å². The Morgan fingerprint density at radius 1 is 1.47 bits per heavy atom. The summed E-state index contributed by atoms with van der Waals surface area (Å²) in [6.45, 7) is 0. The summed E-state index contributed by atoms with van der Waals surface area (Å²) in [6.07, 6.45) is 1.57. The van der Waals surface area contributed by atoms with E-state index >= 15 is 0 Å². The predicted octanol–water partition coefficient (Wildman–Crippen LogP) is 2.18. The van der Waals surface area contributed by atoms with Gasteiger partial charge in [0.15, 0.2) is 0 Å². The second-order valence-corrected chi connectivity index (χ2v) is 6.84. The van der Waals surface area contributed by atoms with Crippen LogP contribution in [-0.4, -0.2) is 17.5 Å². The summed E-state index contributed by atoms with van der Waals surface area (Å²) < 4.78 is 20.1. The van der Waals surface area contributed by atoms with Crippen molar-refractivity contribution < 1.29 is 13.3 Å². The van der Waals surface area contributed by atoms with Gasteiger partial charge in [-0.15, -0.1) is 0 Å². The summed E-state index contributed by atoms with van der Waals surface area (Å²) >= 11 is 11.3. The monoisotopic (exact) mass is 291 g/mol. The molecule has 0 amide bonds. The van der Waals surface area contributed by atoms with E-state index in [1.807, 2.05) is 0 Å². The Morgan fingerprint density at radius 3 is 2.40 bits per heavy atom. The van der Waals surface area contributed by atoms with Crippen LogP contribution >= 0.6 is 33.9 Å². The largest absolute Gasteiger partial charge is 0.259 e. The summed E-state index contributed by atoms with van der Waals surface area (Å²) in [5.74, 6) is 0. The van der Waals surface area contributed by atoms with Gasteiger partial charge >= 0.3 is 0 Å². The first-order valence-electron chi connectivity index (χ1n) is 3.53. The highest BCUT2D eigenvalue weighted by molar-refractivity contribution is 8.16. The standard InChI is InChI=1S/C6H4Cl3NO4S/c7-5-2-1-4(10(11)12)3-6(5,8)15(9,13)14/h1-2H,3H2. The molecule has 1 unspecified atom stereocenters. The molecule has 0 bridgehead atoms.